The Morgan fingerprint density at radius 1 is 1.58 bits per heavy atom. The molecule has 0 fully saturated rings. The molecule has 2 heterocycles. The third-order valence-electron chi connectivity index (χ3n) is 2.91. The molecule has 0 aliphatic heterocycles. The predicted molar refractivity (Wildman–Crippen MR) is 76.1 cm³/mol. The van der Waals surface area contributed by atoms with Gasteiger partial charge in [-0.2, -0.15) is 0 Å². The summed E-state index contributed by atoms with van der Waals surface area (Å²) in [6, 6.07) is 4.00. The van der Waals surface area contributed by atoms with E-state index in [1.165, 1.54) is 5.69 Å². The van der Waals surface area contributed by atoms with Crippen LogP contribution >= 0.6 is 11.3 Å². The fourth-order valence-corrected chi connectivity index (χ4v) is 2.46. The van der Waals surface area contributed by atoms with Crippen LogP contribution in [0, 0.1) is 0 Å². The molecule has 0 saturated heterocycles. The maximum atomic E-state index is 11.9. The number of urea groups is 1. The molecule has 2 amide bonds. The van der Waals surface area contributed by atoms with Gasteiger partial charge in [-0.1, -0.05) is 0 Å². The van der Waals surface area contributed by atoms with E-state index in [9.17, 15) is 4.79 Å². The third-order valence-corrected chi connectivity index (χ3v) is 3.68. The molecule has 5 nitrogen and oxygen atoms in total. The molecule has 0 radical (unpaired) electrons. The average Bonchev–Trinajstić information content (AvgIpc) is 3.02. The number of nitrogens with one attached hydrogen (secondary N) is 1. The van der Waals surface area contributed by atoms with E-state index in [0.29, 0.717) is 13.1 Å². The van der Waals surface area contributed by atoms with E-state index in [1.807, 2.05) is 24.7 Å². The number of carbonyl (C=O) groups excluding carboxylic acids is 1. The molecular weight excluding hydrogens is 260 g/mol. The van der Waals surface area contributed by atoms with Crippen molar-refractivity contribution in [2.75, 3.05) is 13.6 Å². The molecule has 6 heteroatoms. The van der Waals surface area contributed by atoms with Crippen LogP contribution in [0.2, 0.25) is 0 Å². The maximum absolute atomic E-state index is 11.9. The van der Waals surface area contributed by atoms with Crippen molar-refractivity contribution in [3.05, 3.63) is 40.6 Å². The number of rotatable bonds is 5. The Morgan fingerprint density at radius 3 is 3.05 bits per heavy atom. The summed E-state index contributed by atoms with van der Waals surface area (Å²) in [6.45, 7) is 1.19. The number of aryl methyl sites for hydroxylation is 1. The highest BCUT2D eigenvalue weighted by molar-refractivity contribution is 7.09. The van der Waals surface area contributed by atoms with E-state index >= 15 is 0 Å². The van der Waals surface area contributed by atoms with Gasteiger partial charge in [-0.15, -0.1) is 11.3 Å². The van der Waals surface area contributed by atoms with Gasteiger partial charge in [0.1, 0.15) is 5.01 Å². The van der Waals surface area contributed by atoms with E-state index in [1.54, 1.807) is 29.5 Å². The highest BCUT2D eigenvalue weighted by Gasteiger charge is 2.09. The fourth-order valence-electron chi connectivity index (χ4n) is 1.79. The lowest BCUT2D eigenvalue weighted by Gasteiger charge is -2.16. The summed E-state index contributed by atoms with van der Waals surface area (Å²) in [5.41, 5.74) is 1.21. The van der Waals surface area contributed by atoms with Crippen LogP contribution in [0.15, 0.2) is 29.9 Å². The van der Waals surface area contributed by atoms with Crippen molar-refractivity contribution in [3.8, 4) is 0 Å². The van der Waals surface area contributed by atoms with Crippen molar-refractivity contribution < 1.29 is 4.79 Å². The van der Waals surface area contributed by atoms with E-state index in [4.69, 9.17) is 0 Å². The first-order valence-electron chi connectivity index (χ1n) is 6.14. The molecule has 0 aliphatic carbocycles. The first kappa shape index (κ1) is 13.6. The Bertz CT molecular complexity index is 520. The molecule has 102 valence electrons. The lowest BCUT2D eigenvalue weighted by Crippen LogP contribution is -2.37. The van der Waals surface area contributed by atoms with Crippen molar-refractivity contribution in [2.24, 2.45) is 7.05 Å². The minimum absolute atomic E-state index is 0.0654. The van der Waals surface area contributed by atoms with Crippen LogP contribution in [-0.4, -0.2) is 34.1 Å². The van der Waals surface area contributed by atoms with Crippen molar-refractivity contribution in [1.29, 1.82) is 0 Å². The van der Waals surface area contributed by atoms with Crippen LogP contribution in [0.25, 0.3) is 0 Å². The standard InChI is InChI=1S/C13H18N4OS/c1-16-8-3-4-11(16)5-6-15-13(18)17(2)10-12-14-7-9-19-12/h3-4,7-9H,5-6,10H2,1-2H3,(H,15,18). The summed E-state index contributed by atoms with van der Waals surface area (Å²) in [6.07, 6.45) is 4.59. The number of hydrogen-bond acceptors (Lipinski definition) is 3. The number of nitrogens with zero attached hydrogens (tertiary/aromatic N) is 3. The van der Waals surface area contributed by atoms with Gasteiger partial charge in [0.25, 0.3) is 0 Å². The zero-order valence-corrected chi connectivity index (χ0v) is 12.0. The monoisotopic (exact) mass is 278 g/mol. The zero-order valence-electron chi connectivity index (χ0n) is 11.2. The van der Waals surface area contributed by atoms with Crippen molar-refractivity contribution in [2.45, 2.75) is 13.0 Å². The summed E-state index contributed by atoms with van der Waals surface area (Å²) in [5.74, 6) is 0. The molecule has 2 aromatic heterocycles. The van der Waals surface area contributed by atoms with E-state index in [-0.39, 0.29) is 6.03 Å². The van der Waals surface area contributed by atoms with Gasteiger partial charge in [0, 0.05) is 50.5 Å². The minimum Gasteiger partial charge on any atom is -0.354 e. The highest BCUT2D eigenvalue weighted by Crippen LogP contribution is 2.06. The van der Waals surface area contributed by atoms with Gasteiger partial charge in [-0.3, -0.25) is 0 Å². The Balaban J connectivity index is 1.73. The molecule has 0 atom stereocenters. The van der Waals surface area contributed by atoms with Crippen molar-refractivity contribution in [3.63, 3.8) is 0 Å². The lowest BCUT2D eigenvalue weighted by molar-refractivity contribution is 0.207. The largest absolute Gasteiger partial charge is 0.354 e. The quantitative estimate of drug-likeness (QED) is 0.907. The van der Waals surface area contributed by atoms with Gasteiger partial charge in [0.15, 0.2) is 0 Å². The van der Waals surface area contributed by atoms with Crippen LogP contribution in [0.4, 0.5) is 4.79 Å². The van der Waals surface area contributed by atoms with Crippen LogP contribution < -0.4 is 5.32 Å². The van der Waals surface area contributed by atoms with Gasteiger partial charge in [0.2, 0.25) is 0 Å². The number of aromatic nitrogens is 2. The fraction of sp³-hybridized carbons (Fsp3) is 0.385. The molecule has 19 heavy (non-hydrogen) atoms. The Hall–Kier alpha value is -1.82. The Kier molecular flexibility index (Phi) is 4.57. The van der Waals surface area contributed by atoms with Gasteiger partial charge in [-0.25, -0.2) is 9.78 Å². The highest BCUT2D eigenvalue weighted by atomic mass is 32.1. The Morgan fingerprint density at radius 2 is 2.42 bits per heavy atom. The van der Waals surface area contributed by atoms with Crippen LogP contribution in [-0.2, 0) is 20.0 Å². The summed E-state index contributed by atoms with van der Waals surface area (Å²) < 4.78 is 2.06. The minimum atomic E-state index is -0.0654. The predicted octanol–water partition coefficient (Wildman–Crippen LogP) is 1.87. The second-order valence-electron chi connectivity index (χ2n) is 4.37. The van der Waals surface area contributed by atoms with E-state index in [2.05, 4.69) is 20.9 Å². The number of amides is 2. The number of hydrogen-bond donors (Lipinski definition) is 1. The molecule has 0 bridgehead atoms. The average molecular weight is 278 g/mol. The summed E-state index contributed by atoms with van der Waals surface area (Å²) >= 11 is 1.56. The molecule has 0 aliphatic rings. The maximum Gasteiger partial charge on any atom is 0.317 e. The van der Waals surface area contributed by atoms with Crippen molar-refractivity contribution in [1.82, 2.24) is 19.8 Å². The molecule has 0 spiro atoms. The smallest absolute Gasteiger partial charge is 0.317 e. The topological polar surface area (TPSA) is 50.2 Å². The number of thiazole rings is 1. The third kappa shape index (κ3) is 3.82. The SMILES string of the molecule is CN(Cc1nccs1)C(=O)NCCc1cccn1C. The zero-order chi connectivity index (χ0) is 13.7. The summed E-state index contributed by atoms with van der Waals surface area (Å²) in [5, 5.41) is 5.77. The molecule has 0 unspecified atom stereocenters. The van der Waals surface area contributed by atoms with Gasteiger partial charge in [0.05, 0.1) is 6.54 Å². The molecule has 0 saturated carbocycles. The molecule has 2 rings (SSSR count). The van der Waals surface area contributed by atoms with Crippen LogP contribution in [0.1, 0.15) is 10.7 Å². The van der Waals surface area contributed by atoms with Crippen LogP contribution in [0.3, 0.4) is 0 Å². The molecule has 0 aromatic carbocycles. The molecular formula is C13H18N4OS. The number of carbonyl (C=O) groups is 1. The van der Waals surface area contributed by atoms with Gasteiger partial charge in [-0.05, 0) is 12.1 Å². The summed E-state index contributed by atoms with van der Waals surface area (Å²) in [7, 11) is 3.78. The normalized spacial score (nSPS) is 10.4. The lowest BCUT2D eigenvalue weighted by atomic mass is 10.3. The Labute approximate surface area is 116 Å². The molecule has 2 aromatic rings. The first-order chi connectivity index (χ1) is 9.16. The van der Waals surface area contributed by atoms with Crippen molar-refractivity contribution >= 4 is 17.4 Å². The first-order valence-corrected chi connectivity index (χ1v) is 7.02. The van der Waals surface area contributed by atoms with Crippen LogP contribution in [0.5, 0.6) is 0 Å². The summed E-state index contributed by atoms with van der Waals surface area (Å²) in [4.78, 5) is 17.7. The second kappa shape index (κ2) is 6.38. The second-order valence-corrected chi connectivity index (χ2v) is 5.35. The van der Waals surface area contributed by atoms with Gasteiger partial charge >= 0.3 is 6.03 Å². The van der Waals surface area contributed by atoms with E-state index in [0.717, 1.165) is 11.4 Å². The molecule has 1 N–H and O–H groups in total. The van der Waals surface area contributed by atoms with E-state index < -0.39 is 0 Å². The van der Waals surface area contributed by atoms with Gasteiger partial charge < -0.3 is 14.8 Å².